The van der Waals surface area contributed by atoms with Gasteiger partial charge in [-0.1, -0.05) is 6.07 Å². The van der Waals surface area contributed by atoms with Gasteiger partial charge in [0.05, 0.1) is 16.2 Å². The molecule has 1 aromatic carbocycles. The lowest BCUT2D eigenvalue weighted by molar-refractivity contribution is -0.385. The molecule has 6 nitrogen and oxygen atoms in total. The first-order chi connectivity index (χ1) is 9.50. The van der Waals surface area contributed by atoms with Crippen molar-refractivity contribution >= 4 is 17.3 Å². The Hall–Kier alpha value is -2.83. The fourth-order valence-corrected chi connectivity index (χ4v) is 1.69. The summed E-state index contributed by atoms with van der Waals surface area (Å²) < 4.78 is 13.4. The van der Waals surface area contributed by atoms with Gasteiger partial charge in [0.15, 0.2) is 11.5 Å². The summed E-state index contributed by atoms with van der Waals surface area (Å²) in [6, 6.07) is 6.75. The Morgan fingerprint density at radius 3 is 2.75 bits per heavy atom. The highest BCUT2D eigenvalue weighted by Crippen LogP contribution is 2.25. The Kier molecular flexibility index (Phi) is 3.69. The molecular weight excluding hydrogens is 265 g/mol. The Morgan fingerprint density at radius 1 is 1.35 bits per heavy atom. The van der Waals surface area contributed by atoms with Gasteiger partial charge in [-0.3, -0.25) is 14.9 Å². The highest BCUT2D eigenvalue weighted by molar-refractivity contribution is 6.03. The van der Waals surface area contributed by atoms with Crippen LogP contribution in [0.2, 0.25) is 0 Å². The Bertz CT molecular complexity index is 688. The number of carbonyl (C=O) groups is 1. The van der Waals surface area contributed by atoms with Gasteiger partial charge >= 0.3 is 0 Å². The largest absolute Gasteiger partial charge is 0.320 e. The number of carbonyl (C=O) groups excluding carboxylic acids is 1. The van der Waals surface area contributed by atoms with Crippen molar-refractivity contribution in [2.75, 3.05) is 5.32 Å². The molecule has 102 valence electrons. The molecule has 0 fully saturated rings. The van der Waals surface area contributed by atoms with Crippen LogP contribution in [0, 0.1) is 22.9 Å². The molecule has 2 aromatic rings. The molecule has 0 radical (unpaired) electrons. The average Bonchev–Trinajstić information content (AvgIpc) is 2.41. The Morgan fingerprint density at radius 2 is 2.10 bits per heavy atom. The van der Waals surface area contributed by atoms with E-state index in [1.54, 1.807) is 0 Å². The van der Waals surface area contributed by atoms with Crippen molar-refractivity contribution in [3.8, 4) is 0 Å². The van der Waals surface area contributed by atoms with E-state index in [2.05, 4.69) is 10.3 Å². The van der Waals surface area contributed by atoms with Gasteiger partial charge in [0.1, 0.15) is 0 Å². The van der Waals surface area contributed by atoms with Crippen LogP contribution < -0.4 is 5.32 Å². The van der Waals surface area contributed by atoms with Crippen LogP contribution >= 0.6 is 0 Å². The predicted molar refractivity (Wildman–Crippen MR) is 70.0 cm³/mol. The van der Waals surface area contributed by atoms with Crippen LogP contribution in [-0.4, -0.2) is 15.8 Å². The first-order valence-corrected chi connectivity index (χ1v) is 5.66. The average molecular weight is 275 g/mol. The summed E-state index contributed by atoms with van der Waals surface area (Å²) >= 11 is 0. The number of benzene rings is 1. The second kappa shape index (κ2) is 5.43. The number of pyridine rings is 1. The minimum absolute atomic E-state index is 0.121. The topological polar surface area (TPSA) is 85.1 Å². The summed E-state index contributed by atoms with van der Waals surface area (Å²) in [5.41, 5.74) is 0.0548. The maximum absolute atomic E-state index is 13.4. The van der Waals surface area contributed by atoms with E-state index in [4.69, 9.17) is 0 Å². The third kappa shape index (κ3) is 2.61. The van der Waals surface area contributed by atoms with E-state index >= 15 is 0 Å². The quantitative estimate of drug-likeness (QED) is 0.689. The van der Waals surface area contributed by atoms with E-state index in [1.807, 2.05) is 0 Å². The summed E-state index contributed by atoms with van der Waals surface area (Å²) in [5, 5.41) is 13.2. The highest BCUT2D eigenvalue weighted by atomic mass is 19.1. The zero-order chi connectivity index (χ0) is 14.7. The fourth-order valence-electron chi connectivity index (χ4n) is 1.69. The number of halogens is 1. The van der Waals surface area contributed by atoms with Gasteiger partial charge < -0.3 is 5.32 Å². The van der Waals surface area contributed by atoms with Crippen LogP contribution in [0.25, 0.3) is 0 Å². The van der Waals surface area contributed by atoms with E-state index in [-0.39, 0.29) is 17.1 Å². The first-order valence-electron chi connectivity index (χ1n) is 5.66. The molecule has 7 heteroatoms. The zero-order valence-corrected chi connectivity index (χ0v) is 10.5. The highest BCUT2D eigenvalue weighted by Gasteiger charge is 2.17. The third-order valence-electron chi connectivity index (χ3n) is 2.72. The van der Waals surface area contributed by atoms with Crippen LogP contribution in [-0.2, 0) is 0 Å². The molecule has 2 rings (SSSR count). The van der Waals surface area contributed by atoms with Crippen LogP contribution in [0.15, 0.2) is 36.5 Å². The monoisotopic (exact) mass is 275 g/mol. The number of amides is 1. The molecule has 0 unspecified atom stereocenters. The van der Waals surface area contributed by atoms with Crippen molar-refractivity contribution < 1.29 is 14.1 Å². The van der Waals surface area contributed by atoms with Gasteiger partial charge in [-0.25, -0.2) is 9.37 Å². The summed E-state index contributed by atoms with van der Waals surface area (Å²) in [5.74, 6) is -1.51. The number of anilines is 1. The van der Waals surface area contributed by atoms with Crippen molar-refractivity contribution in [2.24, 2.45) is 0 Å². The molecule has 0 atom stereocenters. The van der Waals surface area contributed by atoms with Crippen molar-refractivity contribution in [3.63, 3.8) is 0 Å². The minimum atomic E-state index is -0.758. The molecule has 0 aliphatic carbocycles. The molecule has 0 aliphatic rings. The number of nitro groups is 1. The van der Waals surface area contributed by atoms with Gasteiger partial charge in [-0.15, -0.1) is 0 Å². The molecule has 1 N–H and O–H groups in total. The van der Waals surface area contributed by atoms with Crippen molar-refractivity contribution in [2.45, 2.75) is 6.92 Å². The molecule has 0 saturated carbocycles. The first kappa shape index (κ1) is 13.6. The molecule has 0 spiro atoms. The summed E-state index contributed by atoms with van der Waals surface area (Å²) in [6.45, 7) is 1.50. The Balaban J connectivity index is 2.32. The van der Waals surface area contributed by atoms with Crippen LogP contribution in [0.3, 0.4) is 0 Å². The molecule has 1 amide bonds. The smallest absolute Gasteiger partial charge is 0.277 e. The zero-order valence-electron chi connectivity index (χ0n) is 10.5. The van der Waals surface area contributed by atoms with Gasteiger partial charge in [-0.2, -0.15) is 0 Å². The van der Waals surface area contributed by atoms with Crippen molar-refractivity contribution in [3.05, 3.63) is 63.7 Å². The summed E-state index contributed by atoms with van der Waals surface area (Å²) in [7, 11) is 0. The van der Waals surface area contributed by atoms with Crippen molar-refractivity contribution in [1.29, 1.82) is 0 Å². The lowest BCUT2D eigenvalue weighted by atomic mass is 10.1. The van der Waals surface area contributed by atoms with Gasteiger partial charge in [0, 0.05) is 12.3 Å². The van der Waals surface area contributed by atoms with E-state index in [0.717, 1.165) is 6.07 Å². The molecule has 1 heterocycles. The SMILES string of the molecule is Cc1c(NC(=O)c2ncccc2F)cccc1[N+](=O)[O-]. The minimum Gasteiger partial charge on any atom is -0.320 e. The maximum Gasteiger partial charge on any atom is 0.277 e. The standard InChI is InChI=1S/C13H10FN3O3/c1-8-10(5-2-6-11(8)17(19)20)16-13(18)12-9(14)4-3-7-15-12/h2-7H,1H3,(H,16,18). The number of nitro benzene ring substituents is 1. The molecule has 20 heavy (non-hydrogen) atoms. The number of rotatable bonds is 3. The Labute approximate surface area is 113 Å². The predicted octanol–water partition coefficient (Wildman–Crippen LogP) is 2.69. The third-order valence-corrected chi connectivity index (χ3v) is 2.72. The number of nitrogens with zero attached hydrogens (tertiary/aromatic N) is 2. The second-order valence-corrected chi connectivity index (χ2v) is 3.99. The van der Waals surface area contributed by atoms with Gasteiger partial charge in [-0.05, 0) is 25.1 Å². The number of aromatic nitrogens is 1. The van der Waals surface area contributed by atoms with E-state index in [9.17, 15) is 19.3 Å². The summed E-state index contributed by atoms with van der Waals surface area (Å²) in [4.78, 5) is 25.8. The normalized spacial score (nSPS) is 10.1. The van der Waals surface area contributed by atoms with Crippen LogP contribution in [0.4, 0.5) is 15.8 Å². The van der Waals surface area contributed by atoms with Crippen LogP contribution in [0.1, 0.15) is 16.1 Å². The molecule has 1 aromatic heterocycles. The number of hydrogen-bond acceptors (Lipinski definition) is 4. The van der Waals surface area contributed by atoms with Gasteiger partial charge in [0.25, 0.3) is 11.6 Å². The van der Waals surface area contributed by atoms with Crippen molar-refractivity contribution in [1.82, 2.24) is 4.98 Å². The molecule has 0 bridgehead atoms. The lowest BCUT2D eigenvalue weighted by Gasteiger charge is -2.08. The van der Waals surface area contributed by atoms with Gasteiger partial charge in [0.2, 0.25) is 0 Å². The van der Waals surface area contributed by atoms with E-state index in [0.29, 0.717) is 5.56 Å². The van der Waals surface area contributed by atoms with E-state index in [1.165, 1.54) is 37.4 Å². The van der Waals surface area contributed by atoms with Crippen LogP contribution in [0.5, 0.6) is 0 Å². The van der Waals surface area contributed by atoms with E-state index < -0.39 is 16.6 Å². The second-order valence-electron chi connectivity index (χ2n) is 3.99. The molecular formula is C13H10FN3O3. The maximum atomic E-state index is 13.4. The number of nitrogens with one attached hydrogen (secondary N) is 1. The molecule has 0 saturated heterocycles. The molecule has 0 aliphatic heterocycles. The number of hydrogen-bond donors (Lipinski definition) is 1. The fraction of sp³-hybridized carbons (Fsp3) is 0.0769. The summed E-state index contributed by atoms with van der Waals surface area (Å²) in [6.07, 6.45) is 1.29. The lowest BCUT2D eigenvalue weighted by Crippen LogP contribution is -2.16.